The van der Waals surface area contributed by atoms with E-state index in [0.717, 1.165) is 44.9 Å². The van der Waals surface area contributed by atoms with Crippen molar-refractivity contribution in [3.8, 4) is 0 Å². The fraction of sp³-hybridized carbons (Fsp3) is 0.847. The highest BCUT2D eigenvalue weighted by molar-refractivity contribution is 5.76. The minimum atomic E-state index is -1.57. The summed E-state index contributed by atoms with van der Waals surface area (Å²) in [7, 11) is 0. The minimum Gasteiger partial charge on any atom is -0.394 e. The first-order valence-corrected chi connectivity index (χ1v) is 28.9. The lowest BCUT2D eigenvalue weighted by Gasteiger charge is -2.40. The van der Waals surface area contributed by atoms with E-state index in [1.807, 2.05) is 6.08 Å². The quantitative estimate of drug-likeness (QED) is 0.0261. The van der Waals surface area contributed by atoms with Gasteiger partial charge in [0.25, 0.3) is 0 Å². The lowest BCUT2D eigenvalue weighted by atomic mass is 9.99. The van der Waals surface area contributed by atoms with Crippen molar-refractivity contribution in [2.24, 2.45) is 0 Å². The van der Waals surface area contributed by atoms with Gasteiger partial charge in [-0.15, -0.1) is 0 Å². The van der Waals surface area contributed by atoms with Crippen LogP contribution in [0.3, 0.4) is 0 Å². The largest absolute Gasteiger partial charge is 0.394 e. The van der Waals surface area contributed by atoms with Gasteiger partial charge in [0.2, 0.25) is 5.91 Å². The number of hydrogen-bond donors (Lipinski definition) is 6. The van der Waals surface area contributed by atoms with Crippen LogP contribution in [0.15, 0.2) is 48.6 Å². The van der Waals surface area contributed by atoms with Crippen molar-refractivity contribution in [1.29, 1.82) is 0 Å². The second-order valence-electron chi connectivity index (χ2n) is 20.1. The lowest BCUT2D eigenvalue weighted by Crippen LogP contribution is -2.60. The minimum absolute atomic E-state index is 0.186. The van der Waals surface area contributed by atoms with E-state index in [1.165, 1.54) is 199 Å². The molecule has 1 aliphatic heterocycles. The molecule has 7 unspecified atom stereocenters. The molecule has 0 saturated carbocycles. The number of nitrogens with one attached hydrogen (secondary N) is 1. The molecule has 398 valence electrons. The van der Waals surface area contributed by atoms with Gasteiger partial charge in [0.15, 0.2) is 6.29 Å². The number of rotatable bonds is 49. The van der Waals surface area contributed by atoms with Crippen LogP contribution < -0.4 is 5.32 Å². The van der Waals surface area contributed by atoms with E-state index < -0.39 is 49.5 Å². The molecule has 0 radical (unpaired) electrons. The molecule has 9 heteroatoms. The number of amides is 1. The third-order valence-electron chi connectivity index (χ3n) is 13.6. The Morgan fingerprint density at radius 3 is 1.34 bits per heavy atom. The maximum absolute atomic E-state index is 13.0. The fourth-order valence-electron chi connectivity index (χ4n) is 9.03. The van der Waals surface area contributed by atoms with Crippen molar-refractivity contribution in [3.05, 3.63) is 48.6 Å². The SMILES string of the molecule is CCCCCC/C=C/CC/C=C/C(O)C(COC1OC(CO)C(O)C(O)C1O)NC(=O)CCCCCCCCCCCCCCCCCCCCCCCCC/C=C\C/C=C\CCCCCCC. The van der Waals surface area contributed by atoms with Crippen LogP contribution in [0.2, 0.25) is 0 Å². The Balaban J connectivity index is 2.05. The molecule has 1 heterocycles. The van der Waals surface area contributed by atoms with Crippen LogP contribution in [0.4, 0.5) is 0 Å². The summed E-state index contributed by atoms with van der Waals surface area (Å²) in [6.07, 6.45) is 57.9. The van der Waals surface area contributed by atoms with E-state index in [2.05, 4.69) is 55.6 Å². The average Bonchev–Trinajstić information content (AvgIpc) is 3.34. The summed E-state index contributed by atoms with van der Waals surface area (Å²) in [6.45, 7) is 3.72. The van der Waals surface area contributed by atoms with Gasteiger partial charge in [-0.25, -0.2) is 0 Å². The summed E-state index contributed by atoms with van der Waals surface area (Å²) in [5.74, 6) is -0.186. The first kappa shape index (κ1) is 64.2. The molecular formula is C59H109NO8. The van der Waals surface area contributed by atoms with Gasteiger partial charge in [-0.1, -0.05) is 242 Å². The van der Waals surface area contributed by atoms with Crippen LogP contribution in [0, 0.1) is 0 Å². The number of aliphatic hydroxyl groups is 5. The van der Waals surface area contributed by atoms with Gasteiger partial charge in [-0.2, -0.15) is 0 Å². The molecule has 9 nitrogen and oxygen atoms in total. The molecular weight excluding hydrogens is 851 g/mol. The van der Waals surface area contributed by atoms with Crippen molar-refractivity contribution >= 4 is 5.91 Å². The molecule has 0 aromatic carbocycles. The number of hydrogen-bond acceptors (Lipinski definition) is 8. The van der Waals surface area contributed by atoms with E-state index in [-0.39, 0.29) is 12.5 Å². The van der Waals surface area contributed by atoms with Gasteiger partial charge in [0.1, 0.15) is 24.4 Å². The zero-order valence-corrected chi connectivity index (χ0v) is 44.1. The van der Waals surface area contributed by atoms with Gasteiger partial charge in [-0.3, -0.25) is 4.79 Å². The van der Waals surface area contributed by atoms with Crippen LogP contribution in [0.1, 0.15) is 264 Å². The van der Waals surface area contributed by atoms with Crippen LogP contribution >= 0.6 is 0 Å². The Hall–Kier alpha value is -1.85. The smallest absolute Gasteiger partial charge is 0.220 e. The number of aliphatic hydroxyl groups excluding tert-OH is 5. The Morgan fingerprint density at radius 2 is 0.882 bits per heavy atom. The third kappa shape index (κ3) is 37.9. The van der Waals surface area contributed by atoms with E-state index in [4.69, 9.17) is 9.47 Å². The summed E-state index contributed by atoms with van der Waals surface area (Å²) in [5, 5.41) is 54.2. The average molecular weight is 961 g/mol. The normalized spacial score (nSPS) is 19.9. The molecule has 68 heavy (non-hydrogen) atoms. The highest BCUT2D eigenvalue weighted by Crippen LogP contribution is 2.23. The zero-order valence-electron chi connectivity index (χ0n) is 44.1. The summed E-state index contributed by atoms with van der Waals surface area (Å²) >= 11 is 0. The van der Waals surface area contributed by atoms with Crippen molar-refractivity contribution < 1.29 is 39.8 Å². The van der Waals surface area contributed by atoms with Crippen molar-refractivity contribution in [2.45, 2.75) is 307 Å². The van der Waals surface area contributed by atoms with Gasteiger partial charge >= 0.3 is 0 Å². The third-order valence-corrected chi connectivity index (χ3v) is 13.6. The first-order chi connectivity index (χ1) is 33.3. The van der Waals surface area contributed by atoms with Crippen molar-refractivity contribution in [2.75, 3.05) is 13.2 Å². The molecule has 0 aromatic heterocycles. The number of ether oxygens (including phenoxy) is 2. The first-order valence-electron chi connectivity index (χ1n) is 28.9. The Morgan fingerprint density at radius 1 is 0.500 bits per heavy atom. The molecule has 7 atom stereocenters. The summed E-state index contributed by atoms with van der Waals surface area (Å²) in [5.41, 5.74) is 0. The second-order valence-corrected chi connectivity index (χ2v) is 20.1. The highest BCUT2D eigenvalue weighted by Gasteiger charge is 2.44. The zero-order chi connectivity index (χ0) is 49.4. The predicted molar refractivity (Wildman–Crippen MR) is 286 cm³/mol. The van der Waals surface area contributed by atoms with E-state index in [9.17, 15) is 30.3 Å². The van der Waals surface area contributed by atoms with Gasteiger partial charge in [0, 0.05) is 6.42 Å². The number of unbranched alkanes of at least 4 members (excludes halogenated alkanes) is 33. The topological polar surface area (TPSA) is 149 Å². The monoisotopic (exact) mass is 960 g/mol. The summed E-state index contributed by atoms with van der Waals surface area (Å²) < 4.78 is 11.2. The van der Waals surface area contributed by atoms with Gasteiger partial charge < -0.3 is 40.3 Å². The second kappa shape index (κ2) is 48.8. The van der Waals surface area contributed by atoms with Gasteiger partial charge in [-0.05, 0) is 64.2 Å². The summed E-state index contributed by atoms with van der Waals surface area (Å²) in [4.78, 5) is 13.0. The highest BCUT2D eigenvalue weighted by atomic mass is 16.7. The van der Waals surface area contributed by atoms with E-state index >= 15 is 0 Å². The Kier molecular flexibility index (Phi) is 46.0. The number of carbonyl (C=O) groups is 1. The number of allylic oxidation sites excluding steroid dienone is 7. The molecule has 1 fully saturated rings. The van der Waals surface area contributed by atoms with Crippen LogP contribution in [-0.4, -0.2) is 87.5 Å². The summed E-state index contributed by atoms with van der Waals surface area (Å²) in [6, 6.07) is -0.819. The van der Waals surface area contributed by atoms with Crippen molar-refractivity contribution in [3.63, 3.8) is 0 Å². The maximum atomic E-state index is 13.0. The predicted octanol–water partition coefficient (Wildman–Crippen LogP) is 14.1. The standard InChI is InChI=1S/C59H109NO8/c1-3-5-7-9-11-13-15-16-17-18-19-20-21-22-23-24-25-26-27-28-29-30-31-32-33-34-35-36-37-38-39-41-43-45-47-49-55(63)60-52(51-67-59-58(66)57(65)56(64)54(50-61)68-59)53(62)48-46-44-42-40-14-12-10-8-6-4-2/h14-16,18-19,40,46,48,52-54,56-59,61-62,64-66H,3-13,17,20-39,41-45,47,49-51H2,1-2H3,(H,60,63)/b16-15-,19-18-,40-14+,48-46+. The molecule has 0 aromatic rings. The van der Waals surface area contributed by atoms with Crippen LogP contribution in [-0.2, 0) is 14.3 Å². The van der Waals surface area contributed by atoms with Crippen molar-refractivity contribution in [1.82, 2.24) is 5.32 Å². The maximum Gasteiger partial charge on any atom is 0.220 e. The molecule has 0 spiro atoms. The number of carbonyl (C=O) groups excluding carboxylic acids is 1. The van der Waals surface area contributed by atoms with Gasteiger partial charge in [0.05, 0.1) is 25.4 Å². The Labute approximate surface area is 418 Å². The molecule has 1 saturated heterocycles. The molecule has 6 N–H and O–H groups in total. The Bertz CT molecular complexity index is 1210. The van der Waals surface area contributed by atoms with E-state index in [1.54, 1.807) is 6.08 Å². The lowest BCUT2D eigenvalue weighted by molar-refractivity contribution is -0.302. The molecule has 1 rings (SSSR count). The molecule has 0 bridgehead atoms. The molecule has 1 amide bonds. The fourth-order valence-corrected chi connectivity index (χ4v) is 9.03. The van der Waals surface area contributed by atoms with Crippen LogP contribution in [0.5, 0.6) is 0 Å². The van der Waals surface area contributed by atoms with Crippen LogP contribution in [0.25, 0.3) is 0 Å². The van der Waals surface area contributed by atoms with E-state index in [0.29, 0.717) is 6.42 Å². The molecule has 0 aliphatic carbocycles. The molecule has 1 aliphatic rings.